The summed E-state index contributed by atoms with van der Waals surface area (Å²) >= 11 is 15.3. The van der Waals surface area contributed by atoms with Gasteiger partial charge in [-0.25, -0.2) is 5.43 Å². The molecule has 3 aromatic carbocycles. The number of nitrogens with zero attached hydrogens (tertiary/aromatic N) is 2. The maximum Gasteiger partial charge on any atom is 0.271 e. The highest BCUT2D eigenvalue weighted by Gasteiger charge is 2.15. The van der Waals surface area contributed by atoms with Crippen LogP contribution in [0.5, 0.6) is 11.5 Å². The highest BCUT2D eigenvalue weighted by molar-refractivity contribution is 9.10. The fourth-order valence-corrected chi connectivity index (χ4v) is 3.84. The summed E-state index contributed by atoms with van der Waals surface area (Å²) in [6.45, 7) is 1.79. The van der Waals surface area contributed by atoms with Crippen molar-refractivity contribution < 1.29 is 24.0 Å². The molecule has 0 aliphatic heterocycles. The number of amides is 2. The molecule has 0 heterocycles. The number of hydrogen-bond acceptors (Lipinski definition) is 7. The van der Waals surface area contributed by atoms with Gasteiger partial charge in [0.15, 0.2) is 18.1 Å². The molecule has 0 unspecified atom stereocenters. The number of halogens is 3. The van der Waals surface area contributed by atoms with Gasteiger partial charge in [-0.2, -0.15) is 5.10 Å². The number of carbonyl (C=O) groups is 2. The number of rotatable bonds is 10. The summed E-state index contributed by atoms with van der Waals surface area (Å²) in [6.07, 6.45) is 1.36. The van der Waals surface area contributed by atoms with Crippen molar-refractivity contribution in [2.24, 2.45) is 5.10 Å². The Morgan fingerprint density at radius 2 is 1.89 bits per heavy atom. The van der Waals surface area contributed by atoms with E-state index in [4.69, 9.17) is 32.7 Å². The topological polar surface area (TPSA) is 132 Å². The van der Waals surface area contributed by atoms with Gasteiger partial charge >= 0.3 is 0 Å². The Bertz CT molecular complexity index is 1370. The molecule has 0 spiro atoms. The zero-order valence-corrected chi connectivity index (χ0v) is 22.3. The lowest BCUT2D eigenvalue weighted by Gasteiger charge is -2.14. The lowest BCUT2D eigenvalue weighted by atomic mass is 10.2. The van der Waals surface area contributed by atoms with E-state index in [-0.39, 0.29) is 17.9 Å². The molecule has 0 fully saturated rings. The predicted octanol–water partition coefficient (Wildman–Crippen LogP) is 5.84. The zero-order valence-electron chi connectivity index (χ0n) is 19.2. The first-order valence-corrected chi connectivity index (χ1v) is 12.1. The number of ether oxygens (including phenoxy) is 2. The van der Waals surface area contributed by atoms with E-state index in [2.05, 4.69) is 31.8 Å². The third-order valence-electron chi connectivity index (χ3n) is 4.58. The molecule has 0 aromatic heterocycles. The van der Waals surface area contributed by atoms with Crippen LogP contribution in [-0.2, 0) is 4.79 Å². The third-order valence-corrected chi connectivity index (χ3v) is 5.91. The first kappa shape index (κ1) is 27.9. The number of hydrazone groups is 1. The van der Waals surface area contributed by atoms with Gasteiger partial charge in [0.25, 0.3) is 17.5 Å². The Balaban J connectivity index is 1.67. The number of non-ortho nitro benzene ring substituents is 1. The molecule has 0 radical (unpaired) electrons. The van der Waals surface area contributed by atoms with Crippen molar-refractivity contribution in [2.45, 2.75) is 6.92 Å². The van der Waals surface area contributed by atoms with Crippen molar-refractivity contribution in [1.82, 2.24) is 5.43 Å². The molecule has 3 aromatic rings. The van der Waals surface area contributed by atoms with Crippen molar-refractivity contribution in [3.05, 3.63) is 90.4 Å². The second kappa shape index (κ2) is 13.0. The van der Waals surface area contributed by atoms with Gasteiger partial charge in [0.2, 0.25) is 0 Å². The van der Waals surface area contributed by atoms with Gasteiger partial charge in [-0.3, -0.25) is 19.7 Å². The van der Waals surface area contributed by atoms with E-state index in [0.717, 1.165) is 6.07 Å². The molecule has 0 atom stereocenters. The molecular weight excluding hydrogens is 591 g/mol. The Kier molecular flexibility index (Phi) is 9.84. The number of benzene rings is 3. The van der Waals surface area contributed by atoms with Crippen LogP contribution in [0.1, 0.15) is 22.8 Å². The summed E-state index contributed by atoms with van der Waals surface area (Å²) in [7, 11) is 0. The molecule has 2 amide bonds. The molecule has 37 heavy (non-hydrogen) atoms. The first-order chi connectivity index (χ1) is 17.7. The summed E-state index contributed by atoms with van der Waals surface area (Å²) in [5, 5.41) is 18.1. The highest BCUT2D eigenvalue weighted by atomic mass is 79.9. The molecule has 0 aliphatic carbocycles. The largest absolute Gasteiger partial charge is 0.490 e. The van der Waals surface area contributed by atoms with E-state index in [9.17, 15) is 19.7 Å². The van der Waals surface area contributed by atoms with Crippen molar-refractivity contribution in [3.8, 4) is 11.5 Å². The lowest BCUT2D eigenvalue weighted by Crippen LogP contribution is -2.20. The second-order valence-electron chi connectivity index (χ2n) is 7.24. The Morgan fingerprint density at radius 3 is 2.59 bits per heavy atom. The Morgan fingerprint density at radius 1 is 1.11 bits per heavy atom. The van der Waals surface area contributed by atoms with Crippen molar-refractivity contribution in [3.63, 3.8) is 0 Å². The van der Waals surface area contributed by atoms with Crippen LogP contribution in [0.4, 0.5) is 11.4 Å². The van der Waals surface area contributed by atoms with Crippen LogP contribution in [0.15, 0.2) is 64.2 Å². The molecule has 10 nitrogen and oxygen atoms in total. The number of hydrogen-bond donors (Lipinski definition) is 2. The van der Waals surface area contributed by atoms with Crippen LogP contribution in [-0.4, -0.2) is 36.2 Å². The van der Waals surface area contributed by atoms with Gasteiger partial charge in [-0.1, -0.05) is 29.3 Å². The van der Waals surface area contributed by atoms with E-state index < -0.39 is 16.7 Å². The summed E-state index contributed by atoms with van der Waals surface area (Å²) in [5.74, 6) is -0.409. The second-order valence-corrected chi connectivity index (χ2v) is 8.90. The number of nitro groups is 1. The molecule has 0 saturated carbocycles. The van der Waals surface area contributed by atoms with Crippen molar-refractivity contribution in [1.29, 1.82) is 0 Å². The minimum absolute atomic E-state index is 0.0884. The standard InChI is InChI=1S/C24H19BrCl2N4O6/c1-2-36-21-9-14(12-28-30-24(33)15-4-3-5-17(10-15)31(34)35)8-18(25)23(21)37-13-22(32)29-16-6-7-19(26)20(27)11-16/h3-12H,2,13H2,1H3,(H,29,32)(H,30,33)/b28-12+. The van der Waals surface area contributed by atoms with Gasteiger partial charge in [0, 0.05) is 23.4 Å². The Labute approximate surface area is 229 Å². The van der Waals surface area contributed by atoms with Crippen LogP contribution >= 0.6 is 39.1 Å². The minimum atomic E-state index is -0.614. The van der Waals surface area contributed by atoms with Gasteiger partial charge in [0.1, 0.15) is 0 Å². The molecule has 192 valence electrons. The first-order valence-electron chi connectivity index (χ1n) is 10.6. The van der Waals surface area contributed by atoms with Gasteiger partial charge in [0.05, 0.1) is 32.3 Å². The fraction of sp³-hybridized carbons (Fsp3) is 0.125. The van der Waals surface area contributed by atoms with Crippen LogP contribution in [0.3, 0.4) is 0 Å². The normalized spacial score (nSPS) is 10.7. The fourth-order valence-electron chi connectivity index (χ4n) is 2.96. The third kappa shape index (κ3) is 7.91. The maximum atomic E-state index is 12.3. The van der Waals surface area contributed by atoms with E-state index in [1.807, 2.05) is 0 Å². The molecule has 0 saturated heterocycles. The number of nitrogens with one attached hydrogen (secondary N) is 2. The van der Waals surface area contributed by atoms with Crippen LogP contribution < -0.4 is 20.2 Å². The minimum Gasteiger partial charge on any atom is -0.490 e. The summed E-state index contributed by atoms with van der Waals surface area (Å²) < 4.78 is 11.8. The van der Waals surface area contributed by atoms with E-state index >= 15 is 0 Å². The average molecular weight is 610 g/mol. The maximum absolute atomic E-state index is 12.3. The van der Waals surface area contributed by atoms with Gasteiger partial charge in [-0.05, 0) is 64.8 Å². The van der Waals surface area contributed by atoms with Crippen LogP contribution in [0, 0.1) is 10.1 Å². The molecule has 13 heteroatoms. The molecule has 3 rings (SSSR count). The average Bonchev–Trinajstić information content (AvgIpc) is 2.86. The summed E-state index contributed by atoms with van der Waals surface area (Å²) in [5.41, 5.74) is 3.21. The molecule has 0 aliphatic rings. The monoisotopic (exact) mass is 608 g/mol. The Hall–Kier alpha value is -3.67. The molecular formula is C24H19BrCl2N4O6. The number of carbonyl (C=O) groups excluding carboxylic acids is 2. The zero-order chi connectivity index (χ0) is 26.9. The van der Waals surface area contributed by atoms with E-state index in [1.54, 1.807) is 31.2 Å². The smallest absolute Gasteiger partial charge is 0.271 e. The van der Waals surface area contributed by atoms with E-state index in [0.29, 0.717) is 43.9 Å². The SMILES string of the molecule is CCOc1cc(/C=N/NC(=O)c2cccc([N+](=O)[O-])c2)cc(Br)c1OCC(=O)Nc1ccc(Cl)c(Cl)c1. The number of nitro benzene ring substituents is 1. The van der Waals surface area contributed by atoms with Crippen molar-refractivity contribution >= 4 is 68.5 Å². The van der Waals surface area contributed by atoms with E-state index in [1.165, 1.54) is 30.5 Å². The molecule has 0 bridgehead atoms. The molecule has 2 N–H and O–H groups in total. The number of anilines is 1. The van der Waals surface area contributed by atoms with Crippen LogP contribution in [0.25, 0.3) is 0 Å². The quantitative estimate of drug-likeness (QED) is 0.168. The lowest BCUT2D eigenvalue weighted by molar-refractivity contribution is -0.384. The summed E-state index contributed by atoms with van der Waals surface area (Å²) in [4.78, 5) is 34.9. The highest BCUT2D eigenvalue weighted by Crippen LogP contribution is 2.36. The predicted molar refractivity (Wildman–Crippen MR) is 144 cm³/mol. The van der Waals surface area contributed by atoms with Crippen molar-refractivity contribution in [2.75, 3.05) is 18.5 Å². The van der Waals surface area contributed by atoms with Gasteiger partial charge < -0.3 is 14.8 Å². The summed E-state index contributed by atoms with van der Waals surface area (Å²) in [6, 6.07) is 13.2. The van der Waals surface area contributed by atoms with Crippen LogP contribution in [0.2, 0.25) is 10.0 Å². The van der Waals surface area contributed by atoms with Gasteiger partial charge in [-0.15, -0.1) is 0 Å².